The molecule has 0 aromatic rings. The first-order valence-electron chi connectivity index (χ1n) is 8.46. The van der Waals surface area contributed by atoms with E-state index in [2.05, 4.69) is 4.84 Å². The quantitative estimate of drug-likeness (QED) is 0.187. The normalized spacial score (nSPS) is 12.5. The fourth-order valence-electron chi connectivity index (χ4n) is 1.65. The number of carbonyl (C=O) groups excluding carboxylic acids is 2. The Morgan fingerprint density at radius 1 is 0.760 bits per heavy atom. The number of Topliss-reactive ketones (excluding diaryl/α,β-unsaturated/α-hetero) is 2. The van der Waals surface area contributed by atoms with E-state index in [-0.39, 0.29) is 18.9 Å². The summed E-state index contributed by atoms with van der Waals surface area (Å²) in [6.45, 7) is 7.15. The number of carbonyl (C=O) groups is 2. The van der Waals surface area contributed by atoms with Gasteiger partial charge in [0, 0.05) is 6.42 Å². The molecular formula is C16H32N2O7. The summed E-state index contributed by atoms with van der Waals surface area (Å²) in [6, 6.07) is -0.741. The van der Waals surface area contributed by atoms with Gasteiger partial charge in [0.05, 0.1) is 65.5 Å². The van der Waals surface area contributed by atoms with Gasteiger partial charge in [0.1, 0.15) is 0 Å². The largest absolute Gasteiger partial charge is 0.379 e. The van der Waals surface area contributed by atoms with E-state index in [1.54, 1.807) is 13.8 Å². The maximum atomic E-state index is 11.7. The summed E-state index contributed by atoms with van der Waals surface area (Å²) in [5.41, 5.74) is 5.65. The van der Waals surface area contributed by atoms with Crippen LogP contribution in [0.5, 0.6) is 0 Å². The van der Waals surface area contributed by atoms with E-state index < -0.39 is 17.6 Å². The smallest absolute Gasteiger partial charge is 0.215 e. The molecule has 9 heteroatoms. The van der Waals surface area contributed by atoms with Crippen molar-refractivity contribution >= 4 is 11.6 Å². The van der Waals surface area contributed by atoms with Crippen LogP contribution in [0.25, 0.3) is 0 Å². The van der Waals surface area contributed by atoms with Crippen LogP contribution in [0.3, 0.4) is 0 Å². The lowest BCUT2D eigenvalue weighted by molar-refractivity contribution is -0.138. The Balaban J connectivity index is 3.34. The second-order valence-corrected chi connectivity index (χ2v) is 5.63. The highest BCUT2D eigenvalue weighted by atomic mass is 16.6. The van der Waals surface area contributed by atoms with Gasteiger partial charge in [-0.1, -0.05) is 13.8 Å². The first-order chi connectivity index (χ1) is 12.0. The molecule has 0 radical (unpaired) electrons. The molecule has 0 spiro atoms. The topological polar surface area (TPSA) is 132 Å². The summed E-state index contributed by atoms with van der Waals surface area (Å²) in [5.74, 6) is 3.76. The van der Waals surface area contributed by atoms with Crippen LogP contribution >= 0.6 is 0 Å². The number of hydrogen-bond acceptors (Lipinski definition) is 9. The summed E-state index contributed by atoms with van der Waals surface area (Å²) < 4.78 is 21.0. The van der Waals surface area contributed by atoms with Gasteiger partial charge in [-0.05, 0) is 5.92 Å². The zero-order valence-electron chi connectivity index (χ0n) is 15.2. The van der Waals surface area contributed by atoms with Crippen molar-refractivity contribution in [1.82, 2.24) is 0 Å². The summed E-state index contributed by atoms with van der Waals surface area (Å²) in [6.07, 6.45) is 0.0392. The van der Waals surface area contributed by atoms with Gasteiger partial charge in [0.15, 0.2) is 0 Å². The summed E-state index contributed by atoms with van der Waals surface area (Å²) in [5, 5.41) is 0. The molecule has 0 aliphatic heterocycles. The van der Waals surface area contributed by atoms with Gasteiger partial charge in [-0.25, -0.2) is 5.90 Å². The van der Waals surface area contributed by atoms with Gasteiger partial charge in [-0.3, -0.25) is 9.59 Å². The molecule has 0 amide bonds. The van der Waals surface area contributed by atoms with Crippen molar-refractivity contribution in [2.45, 2.75) is 26.3 Å². The first kappa shape index (κ1) is 24.1. The number of rotatable bonds is 18. The van der Waals surface area contributed by atoms with Crippen LogP contribution in [-0.4, -0.2) is 77.1 Å². The molecule has 0 heterocycles. The highest BCUT2D eigenvalue weighted by molar-refractivity contribution is 6.39. The molecular weight excluding hydrogens is 332 g/mol. The average molecular weight is 364 g/mol. The molecule has 0 saturated carbocycles. The predicted molar refractivity (Wildman–Crippen MR) is 90.9 cm³/mol. The molecule has 4 N–H and O–H groups in total. The molecule has 25 heavy (non-hydrogen) atoms. The SMILES string of the molecule is CC(C)[C@H](N)C(=O)C(=O)CCOCCOCCOCCOCCON. The predicted octanol–water partition coefficient (Wildman–Crippen LogP) is -0.545. The Kier molecular flexibility index (Phi) is 15.9. The van der Waals surface area contributed by atoms with E-state index in [0.29, 0.717) is 52.9 Å². The van der Waals surface area contributed by atoms with Crippen LogP contribution in [0, 0.1) is 5.92 Å². The summed E-state index contributed by atoms with van der Waals surface area (Å²) in [4.78, 5) is 27.6. The van der Waals surface area contributed by atoms with E-state index in [1.807, 2.05) is 0 Å². The molecule has 0 aliphatic carbocycles. The van der Waals surface area contributed by atoms with E-state index in [4.69, 9.17) is 30.6 Å². The standard InChI is InChI=1S/C16H32N2O7/c1-13(2)15(17)16(20)14(19)3-4-21-5-6-22-7-8-23-9-10-24-11-12-25-18/h13,15H,3-12,17-18H2,1-2H3/t15-/m0/s1. The highest BCUT2D eigenvalue weighted by Crippen LogP contribution is 2.02. The Morgan fingerprint density at radius 2 is 1.16 bits per heavy atom. The molecule has 0 aliphatic rings. The lowest BCUT2D eigenvalue weighted by Gasteiger charge is -2.13. The molecule has 0 aromatic heterocycles. The van der Waals surface area contributed by atoms with Crippen LogP contribution in [0.15, 0.2) is 0 Å². The molecule has 0 rings (SSSR count). The third-order valence-electron chi connectivity index (χ3n) is 3.23. The van der Waals surface area contributed by atoms with Gasteiger partial charge in [0.25, 0.3) is 0 Å². The van der Waals surface area contributed by atoms with Crippen molar-refractivity contribution in [3.63, 3.8) is 0 Å². The van der Waals surface area contributed by atoms with Crippen molar-refractivity contribution < 1.29 is 33.4 Å². The molecule has 1 atom stereocenters. The zero-order chi connectivity index (χ0) is 18.9. The first-order valence-corrected chi connectivity index (χ1v) is 8.46. The molecule has 9 nitrogen and oxygen atoms in total. The zero-order valence-corrected chi connectivity index (χ0v) is 15.2. The van der Waals surface area contributed by atoms with Crippen molar-refractivity contribution in [2.75, 3.05) is 59.5 Å². The Morgan fingerprint density at radius 3 is 1.56 bits per heavy atom. The van der Waals surface area contributed by atoms with E-state index in [0.717, 1.165) is 0 Å². The fraction of sp³-hybridized carbons (Fsp3) is 0.875. The third-order valence-corrected chi connectivity index (χ3v) is 3.23. The van der Waals surface area contributed by atoms with E-state index >= 15 is 0 Å². The second kappa shape index (κ2) is 16.5. The van der Waals surface area contributed by atoms with Crippen LogP contribution in [0.4, 0.5) is 0 Å². The minimum absolute atomic E-state index is 0.0392. The van der Waals surface area contributed by atoms with Crippen molar-refractivity contribution in [3.05, 3.63) is 0 Å². The highest BCUT2D eigenvalue weighted by Gasteiger charge is 2.23. The van der Waals surface area contributed by atoms with Crippen LogP contribution in [0.1, 0.15) is 20.3 Å². The van der Waals surface area contributed by atoms with Gasteiger partial charge in [-0.2, -0.15) is 0 Å². The van der Waals surface area contributed by atoms with Crippen LogP contribution in [0.2, 0.25) is 0 Å². The summed E-state index contributed by atoms with van der Waals surface area (Å²) >= 11 is 0. The van der Waals surface area contributed by atoms with Crippen molar-refractivity contribution in [3.8, 4) is 0 Å². The minimum atomic E-state index is -0.741. The fourth-order valence-corrected chi connectivity index (χ4v) is 1.65. The van der Waals surface area contributed by atoms with Gasteiger partial charge < -0.3 is 29.5 Å². The lowest BCUT2D eigenvalue weighted by Crippen LogP contribution is -2.40. The molecule has 0 aromatic carbocycles. The number of ether oxygens (including phenoxy) is 4. The molecule has 0 fully saturated rings. The maximum absolute atomic E-state index is 11.7. The van der Waals surface area contributed by atoms with Crippen LogP contribution in [-0.2, 0) is 33.4 Å². The van der Waals surface area contributed by atoms with Crippen molar-refractivity contribution in [1.29, 1.82) is 0 Å². The minimum Gasteiger partial charge on any atom is -0.379 e. The number of nitrogens with two attached hydrogens (primary N) is 2. The number of hydrogen-bond donors (Lipinski definition) is 2. The molecule has 0 saturated heterocycles. The molecule has 0 bridgehead atoms. The Hall–Kier alpha value is -0.940. The lowest BCUT2D eigenvalue weighted by atomic mass is 9.97. The average Bonchev–Trinajstić information content (AvgIpc) is 2.60. The third kappa shape index (κ3) is 14.0. The molecule has 148 valence electrons. The Bertz CT molecular complexity index is 353. The number of ketones is 2. The van der Waals surface area contributed by atoms with Gasteiger partial charge >= 0.3 is 0 Å². The maximum Gasteiger partial charge on any atom is 0.215 e. The second-order valence-electron chi connectivity index (χ2n) is 5.63. The van der Waals surface area contributed by atoms with E-state index in [1.165, 1.54) is 0 Å². The van der Waals surface area contributed by atoms with Crippen LogP contribution < -0.4 is 11.6 Å². The van der Waals surface area contributed by atoms with Crippen molar-refractivity contribution in [2.24, 2.45) is 17.5 Å². The van der Waals surface area contributed by atoms with E-state index in [9.17, 15) is 9.59 Å². The molecule has 0 unspecified atom stereocenters. The van der Waals surface area contributed by atoms with Gasteiger partial charge in [-0.15, -0.1) is 0 Å². The summed E-state index contributed by atoms with van der Waals surface area (Å²) in [7, 11) is 0. The van der Waals surface area contributed by atoms with Gasteiger partial charge in [0.2, 0.25) is 11.6 Å². The Labute approximate surface area is 149 Å². The monoisotopic (exact) mass is 364 g/mol.